The molecule has 0 spiro atoms. The zero-order chi connectivity index (χ0) is 26.9. The number of rotatable bonds is 8. The van der Waals surface area contributed by atoms with Crippen molar-refractivity contribution in [3.63, 3.8) is 0 Å². The number of aliphatic hydroxyl groups excluding tert-OH is 1. The second kappa shape index (κ2) is 10.1. The summed E-state index contributed by atoms with van der Waals surface area (Å²) < 4.78 is 51.7. The normalized spacial score (nSPS) is 19.2. The van der Waals surface area contributed by atoms with Gasteiger partial charge < -0.3 is 25.0 Å². The SMILES string of the molecule is COc1ccc(COc2cc(C(F)(F)F)ccc2-c2nnc(NC3CC(O)(CO)C3)c3cnccc23)cc1. The van der Waals surface area contributed by atoms with Crippen LogP contribution in [0.4, 0.5) is 19.0 Å². The molecule has 1 aliphatic carbocycles. The molecule has 0 radical (unpaired) electrons. The molecular formula is C27H25F3N4O4. The summed E-state index contributed by atoms with van der Waals surface area (Å²) >= 11 is 0. The Labute approximate surface area is 216 Å². The molecule has 0 unspecified atom stereocenters. The molecule has 8 nitrogen and oxygen atoms in total. The van der Waals surface area contributed by atoms with Crippen molar-refractivity contribution in [2.45, 2.75) is 37.3 Å². The number of benzene rings is 2. The Morgan fingerprint density at radius 2 is 1.82 bits per heavy atom. The highest BCUT2D eigenvalue weighted by Gasteiger charge is 2.42. The molecule has 0 atom stereocenters. The van der Waals surface area contributed by atoms with Crippen LogP contribution in [0.15, 0.2) is 60.9 Å². The highest BCUT2D eigenvalue weighted by molar-refractivity contribution is 6.00. The van der Waals surface area contributed by atoms with Gasteiger partial charge in [0, 0.05) is 34.8 Å². The van der Waals surface area contributed by atoms with Gasteiger partial charge in [-0.05, 0) is 54.8 Å². The number of ether oxygens (including phenoxy) is 2. The maximum absolute atomic E-state index is 13.5. The number of nitrogens with zero attached hydrogens (tertiary/aromatic N) is 3. The summed E-state index contributed by atoms with van der Waals surface area (Å²) in [6, 6.07) is 11.9. The molecule has 5 rings (SSSR count). The van der Waals surface area contributed by atoms with Crippen LogP contribution in [0.2, 0.25) is 0 Å². The van der Waals surface area contributed by atoms with E-state index in [0.717, 1.165) is 17.7 Å². The lowest BCUT2D eigenvalue weighted by molar-refractivity contribution is -0.137. The first-order chi connectivity index (χ1) is 18.2. The number of halogens is 3. The fourth-order valence-corrected chi connectivity index (χ4v) is 4.48. The van der Waals surface area contributed by atoms with Crippen LogP contribution in [0.1, 0.15) is 24.0 Å². The number of anilines is 1. The standard InChI is InChI=1S/C27H25F3N4O4/c1-37-19-5-2-16(3-6-19)14-38-23-10-17(27(28,29)30)4-7-21(23)24-20-8-9-31-13-22(20)25(34-33-24)32-18-11-26(36,12-18)15-35/h2-10,13,18,35-36H,11-12,14-15H2,1H3,(H,32,34). The van der Waals surface area contributed by atoms with Crippen LogP contribution >= 0.6 is 0 Å². The minimum Gasteiger partial charge on any atom is -0.497 e. The van der Waals surface area contributed by atoms with Gasteiger partial charge in [0.05, 0.1) is 24.9 Å². The molecule has 198 valence electrons. The molecule has 0 bridgehead atoms. The highest BCUT2D eigenvalue weighted by Crippen LogP contribution is 2.40. The van der Waals surface area contributed by atoms with E-state index < -0.39 is 17.3 Å². The van der Waals surface area contributed by atoms with Crippen LogP contribution in [0.3, 0.4) is 0 Å². The number of nitrogens with one attached hydrogen (secondary N) is 1. The van der Waals surface area contributed by atoms with E-state index in [1.165, 1.54) is 6.07 Å². The molecule has 38 heavy (non-hydrogen) atoms. The van der Waals surface area contributed by atoms with E-state index in [9.17, 15) is 23.4 Å². The van der Waals surface area contributed by atoms with Crippen LogP contribution in [-0.2, 0) is 12.8 Å². The summed E-state index contributed by atoms with van der Waals surface area (Å²) in [5.74, 6) is 1.09. The van der Waals surface area contributed by atoms with E-state index >= 15 is 0 Å². The number of methoxy groups -OCH3 is 1. The monoisotopic (exact) mass is 526 g/mol. The molecule has 4 aromatic rings. The second-order valence-corrected chi connectivity index (χ2v) is 9.30. The van der Waals surface area contributed by atoms with Crippen molar-refractivity contribution >= 4 is 16.6 Å². The predicted molar refractivity (Wildman–Crippen MR) is 134 cm³/mol. The third kappa shape index (κ3) is 5.20. The van der Waals surface area contributed by atoms with Crippen LogP contribution < -0.4 is 14.8 Å². The minimum atomic E-state index is -4.55. The van der Waals surface area contributed by atoms with E-state index in [2.05, 4.69) is 20.5 Å². The first kappa shape index (κ1) is 25.7. The Balaban J connectivity index is 1.50. The molecule has 2 aromatic heterocycles. The average molecular weight is 527 g/mol. The Bertz CT molecular complexity index is 1440. The van der Waals surface area contributed by atoms with E-state index in [1.807, 2.05) is 0 Å². The van der Waals surface area contributed by atoms with Gasteiger partial charge >= 0.3 is 6.18 Å². The topological polar surface area (TPSA) is 110 Å². The van der Waals surface area contributed by atoms with Gasteiger partial charge in [-0.15, -0.1) is 10.2 Å². The van der Waals surface area contributed by atoms with Crippen molar-refractivity contribution in [2.24, 2.45) is 0 Å². The molecular weight excluding hydrogens is 501 g/mol. The highest BCUT2D eigenvalue weighted by atomic mass is 19.4. The van der Waals surface area contributed by atoms with E-state index in [0.29, 0.717) is 46.4 Å². The lowest BCUT2D eigenvalue weighted by Gasteiger charge is -2.42. The van der Waals surface area contributed by atoms with Crippen LogP contribution in [0.25, 0.3) is 22.0 Å². The summed E-state index contributed by atoms with van der Waals surface area (Å²) in [6.45, 7) is -0.300. The van der Waals surface area contributed by atoms with Gasteiger partial charge in [0.1, 0.15) is 23.8 Å². The largest absolute Gasteiger partial charge is 0.497 e. The average Bonchev–Trinajstić information content (AvgIpc) is 2.90. The number of hydrogen-bond acceptors (Lipinski definition) is 8. The molecule has 1 aliphatic rings. The lowest BCUT2D eigenvalue weighted by atomic mass is 9.76. The van der Waals surface area contributed by atoms with Crippen molar-refractivity contribution in [3.8, 4) is 22.8 Å². The summed E-state index contributed by atoms with van der Waals surface area (Å²) in [6.07, 6.45) is -0.711. The van der Waals surface area contributed by atoms with E-state index in [4.69, 9.17) is 9.47 Å². The summed E-state index contributed by atoms with van der Waals surface area (Å²) in [7, 11) is 1.54. The third-order valence-corrected chi connectivity index (χ3v) is 6.59. The van der Waals surface area contributed by atoms with Crippen LogP contribution in [-0.4, -0.2) is 50.8 Å². The number of alkyl halides is 3. The smallest absolute Gasteiger partial charge is 0.416 e. The fraction of sp³-hybridized carbons (Fsp3) is 0.296. The summed E-state index contributed by atoms with van der Waals surface area (Å²) in [4.78, 5) is 4.18. The Kier molecular flexibility index (Phi) is 6.80. The number of fused-ring (bicyclic) bond motifs is 1. The van der Waals surface area contributed by atoms with Gasteiger partial charge in [-0.1, -0.05) is 12.1 Å². The molecule has 1 fully saturated rings. The predicted octanol–water partition coefficient (Wildman–Crippen LogP) is 4.60. The molecule has 2 heterocycles. The fourth-order valence-electron chi connectivity index (χ4n) is 4.48. The van der Waals surface area contributed by atoms with Gasteiger partial charge in [-0.3, -0.25) is 4.98 Å². The van der Waals surface area contributed by atoms with Crippen molar-refractivity contribution in [1.82, 2.24) is 15.2 Å². The van der Waals surface area contributed by atoms with Gasteiger partial charge in [-0.2, -0.15) is 13.2 Å². The van der Waals surface area contributed by atoms with Crippen molar-refractivity contribution in [2.75, 3.05) is 19.0 Å². The first-order valence-electron chi connectivity index (χ1n) is 11.9. The molecule has 1 saturated carbocycles. The Hall–Kier alpha value is -3.96. The number of hydrogen-bond donors (Lipinski definition) is 3. The third-order valence-electron chi connectivity index (χ3n) is 6.59. The molecule has 0 amide bonds. The number of aromatic nitrogens is 3. The molecule has 2 aromatic carbocycles. The maximum Gasteiger partial charge on any atom is 0.416 e. The zero-order valence-corrected chi connectivity index (χ0v) is 20.4. The summed E-state index contributed by atoms with van der Waals surface area (Å²) in [5, 5.41) is 32.5. The van der Waals surface area contributed by atoms with E-state index in [1.54, 1.807) is 49.8 Å². The molecule has 0 aliphatic heterocycles. The van der Waals surface area contributed by atoms with Gasteiger partial charge in [0.25, 0.3) is 0 Å². The van der Waals surface area contributed by atoms with Crippen LogP contribution in [0.5, 0.6) is 11.5 Å². The number of aliphatic hydroxyl groups is 2. The second-order valence-electron chi connectivity index (χ2n) is 9.30. The Morgan fingerprint density at radius 1 is 1.05 bits per heavy atom. The van der Waals surface area contributed by atoms with Crippen LogP contribution in [0, 0.1) is 0 Å². The van der Waals surface area contributed by atoms with Crippen molar-refractivity contribution < 1.29 is 32.9 Å². The number of pyridine rings is 1. The zero-order valence-electron chi connectivity index (χ0n) is 20.4. The summed E-state index contributed by atoms with van der Waals surface area (Å²) in [5.41, 5.74) is -0.524. The van der Waals surface area contributed by atoms with Crippen molar-refractivity contribution in [1.29, 1.82) is 0 Å². The Morgan fingerprint density at radius 3 is 2.50 bits per heavy atom. The maximum atomic E-state index is 13.5. The molecule has 0 saturated heterocycles. The van der Waals surface area contributed by atoms with E-state index in [-0.39, 0.29) is 25.0 Å². The minimum absolute atomic E-state index is 0.00997. The first-order valence-corrected chi connectivity index (χ1v) is 11.9. The van der Waals surface area contributed by atoms with Gasteiger partial charge in [0.2, 0.25) is 0 Å². The quantitative estimate of drug-likeness (QED) is 0.306. The van der Waals surface area contributed by atoms with Crippen molar-refractivity contribution in [3.05, 3.63) is 72.1 Å². The molecule has 3 N–H and O–H groups in total. The van der Waals surface area contributed by atoms with Gasteiger partial charge in [-0.25, -0.2) is 0 Å². The lowest BCUT2D eigenvalue weighted by Crippen LogP contribution is -2.53. The molecule has 11 heteroatoms. The van der Waals surface area contributed by atoms with Gasteiger partial charge in [0.15, 0.2) is 5.82 Å².